The van der Waals surface area contributed by atoms with Gasteiger partial charge in [0.2, 0.25) is 0 Å². The van der Waals surface area contributed by atoms with Gasteiger partial charge in [-0.25, -0.2) is 0 Å². The van der Waals surface area contributed by atoms with Crippen molar-refractivity contribution in [3.63, 3.8) is 0 Å². The lowest BCUT2D eigenvalue weighted by molar-refractivity contribution is 0.354. The summed E-state index contributed by atoms with van der Waals surface area (Å²) in [7, 11) is 3.35. The van der Waals surface area contributed by atoms with Gasteiger partial charge in [0, 0.05) is 12.6 Å². The molecule has 0 spiro atoms. The van der Waals surface area contributed by atoms with Crippen LogP contribution in [0.4, 0.5) is 0 Å². The van der Waals surface area contributed by atoms with Crippen LogP contribution in [-0.4, -0.2) is 39.9 Å². The molecule has 2 N–H and O–H groups in total. The monoisotopic (exact) mass is 264 g/mol. The Balaban J connectivity index is 1.95. The van der Waals surface area contributed by atoms with Crippen molar-refractivity contribution in [1.29, 1.82) is 0 Å². The summed E-state index contributed by atoms with van der Waals surface area (Å²) in [6, 6.07) is 4.76. The summed E-state index contributed by atoms with van der Waals surface area (Å²) in [5.41, 5.74) is 2.57. The minimum Gasteiger partial charge on any atom is -0.493 e. The summed E-state index contributed by atoms with van der Waals surface area (Å²) in [4.78, 5) is 0. The van der Waals surface area contributed by atoms with E-state index in [2.05, 4.69) is 23.6 Å². The van der Waals surface area contributed by atoms with E-state index >= 15 is 0 Å². The van der Waals surface area contributed by atoms with Crippen LogP contribution < -0.4 is 20.1 Å². The highest BCUT2D eigenvalue weighted by Gasteiger charge is 2.13. The Labute approximate surface area is 115 Å². The number of hydrogen-bond donors (Lipinski definition) is 2. The summed E-state index contributed by atoms with van der Waals surface area (Å²) in [5, 5.41) is 6.96. The molecular formula is C15H24N2O2. The number of nitrogens with one attached hydrogen (secondary N) is 2. The van der Waals surface area contributed by atoms with Crippen molar-refractivity contribution in [2.75, 3.05) is 33.9 Å². The van der Waals surface area contributed by atoms with Crippen LogP contribution in [0.25, 0.3) is 0 Å². The maximum absolute atomic E-state index is 5.36. The average molecular weight is 264 g/mol. The zero-order valence-electron chi connectivity index (χ0n) is 12.1. The van der Waals surface area contributed by atoms with Crippen molar-refractivity contribution in [3.05, 3.63) is 23.3 Å². The van der Waals surface area contributed by atoms with Gasteiger partial charge in [-0.15, -0.1) is 0 Å². The Morgan fingerprint density at radius 2 is 2.00 bits per heavy atom. The second-order valence-electron chi connectivity index (χ2n) is 5.03. The minimum atomic E-state index is 0.625. The van der Waals surface area contributed by atoms with E-state index in [4.69, 9.17) is 9.47 Å². The standard InChI is InChI=1S/C15H24N2O2/c1-11-8-14(18-2)15(19-3)9-12(11)4-7-17-13-5-6-16-10-13/h8-9,13,16-17H,4-7,10H2,1-3H3. The van der Waals surface area contributed by atoms with Gasteiger partial charge in [-0.1, -0.05) is 0 Å². The molecule has 0 amide bonds. The molecule has 0 radical (unpaired) electrons. The third-order valence-corrected chi connectivity index (χ3v) is 3.73. The largest absolute Gasteiger partial charge is 0.493 e. The molecule has 1 saturated heterocycles. The molecule has 1 aliphatic heterocycles. The molecule has 0 aromatic heterocycles. The van der Waals surface area contributed by atoms with Crippen molar-refractivity contribution in [3.8, 4) is 11.5 Å². The molecule has 1 aromatic carbocycles. The van der Waals surface area contributed by atoms with E-state index in [0.717, 1.165) is 37.6 Å². The van der Waals surface area contributed by atoms with E-state index in [1.165, 1.54) is 17.5 Å². The molecule has 2 rings (SSSR count). The Hall–Kier alpha value is -1.26. The zero-order valence-corrected chi connectivity index (χ0v) is 12.1. The first-order chi connectivity index (χ1) is 9.24. The molecule has 1 aromatic rings. The van der Waals surface area contributed by atoms with E-state index in [9.17, 15) is 0 Å². The molecule has 1 aliphatic rings. The maximum Gasteiger partial charge on any atom is 0.161 e. The smallest absolute Gasteiger partial charge is 0.161 e. The topological polar surface area (TPSA) is 42.5 Å². The van der Waals surface area contributed by atoms with Crippen LogP contribution in [-0.2, 0) is 6.42 Å². The quantitative estimate of drug-likeness (QED) is 0.817. The van der Waals surface area contributed by atoms with Gasteiger partial charge in [-0.3, -0.25) is 0 Å². The van der Waals surface area contributed by atoms with Crippen LogP contribution in [0.3, 0.4) is 0 Å². The maximum atomic E-state index is 5.36. The predicted molar refractivity (Wildman–Crippen MR) is 77.3 cm³/mol. The van der Waals surface area contributed by atoms with Crippen molar-refractivity contribution in [1.82, 2.24) is 10.6 Å². The molecule has 1 fully saturated rings. The van der Waals surface area contributed by atoms with Crippen LogP contribution in [0.2, 0.25) is 0 Å². The third kappa shape index (κ3) is 3.61. The van der Waals surface area contributed by atoms with E-state index in [1.807, 2.05) is 6.07 Å². The Kier molecular flexibility index (Phi) is 5.05. The summed E-state index contributed by atoms with van der Waals surface area (Å²) >= 11 is 0. The molecule has 19 heavy (non-hydrogen) atoms. The highest BCUT2D eigenvalue weighted by Crippen LogP contribution is 2.30. The molecule has 0 saturated carbocycles. The van der Waals surface area contributed by atoms with E-state index in [1.54, 1.807) is 14.2 Å². The molecule has 1 atom stereocenters. The fraction of sp³-hybridized carbons (Fsp3) is 0.600. The number of rotatable bonds is 6. The first-order valence-electron chi connectivity index (χ1n) is 6.90. The van der Waals surface area contributed by atoms with Gasteiger partial charge in [0.25, 0.3) is 0 Å². The first kappa shape index (κ1) is 14.2. The van der Waals surface area contributed by atoms with Gasteiger partial charge in [0.15, 0.2) is 11.5 Å². The fourth-order valence-electron chi connectivity index (χ4n) is 2.53. The normalized spacial score (nSPS) is 18.6. The first-order valence-corrected chi connectivity index (χ1v) is 6.90. The molecule has 1 heterocycles. The second kappa shape index (κ2) is 6.78. The van der Waals surface area contributed by atoms with Gasteiger partial charge in [0.1, 0.15) is 0 Å². The number of hydrogen-bond acceptors (Lipinski definition) is 4. The van der Waals surface area contributed by atoms with E-state index < -0.39 is 0 Å². The Morgan fingerprint density at radius 3 is 2.63 bits per heavy atom. The van der Waals surface area contributed by atoms with Gasteiger partial charge in [0.05, 0.1) is 14.2 Å². The average Bonchev–Trinajstić information content (AvgIpc) is 2.93. The second-order valence-corrected chi connectivity index (χ2v) is 5.03. The highest BCUT2D eigenvalue weighted by atomic mass is 16.5. The summed E-state index contributed by atoms with van der Waals surface area (Å²) in [6.07, 6.45) is 2.24. The molecular weight excluding hydrogens is 240 g/mol. The number of ether oxygens (including phenoxy) is 2. The number of benzene rings is 1. The fourth-order valence-corrected chi connectivity index (χ4v) is 2.53. The molecule has 1 unspecified atom stereocenters. The van der Waals surface area contributed by atoms with E-state index in [-0.39, 0.29) is 0 Å². The molecule has 4 heteroatoms. The highest BCUT2D eigenvalue weighted by molar-refractivity contribution is 5.47. The van der Waals surface area contributed by atoms with Gasteiger partial charge < -0.3 is 20.1 Å². The predicted octanol–water partition coefficient (Wildman–Crippen LogP) is 1.51. The van der Waals surface area contributed by atoms with Gasteiger partial charge in [-0.2, -0.15) is 0 Å². The third-order valence-electron chi connectivity index (χ3n) is 3.73. The van der Waals surface area contributed by atoms with Gasteiger partial charge >= 0.3 is 0 Å². The van der Waals surface area contributed by atoms with Gasteiger partial charge in [-0.05, 0) is 56.1 Å². The zero-order chi connectivity index (χ0) is 13.7. The summed E-state index contributed by atoms with van der Waals surface area (Å²) in [6.45, 7) is 5.34. The summed E-state index contributed by atoms with van der Waals surface area (Å²) < 4.78 is 10.7. The van der Waals surface area contributed by atoms with Crippen LogP contribution in [0.15, 0.2) is 12.1 Å². The van der Waals surface area contributed by atoms with E-state index in [0.29, 0.717) is 6.04 Å². The molecule has 0 bridgehead atoms. The summed E-state index contributed by atoms with van der Waals surface area (Å²) in [5.74, 6) is 1.61. The van der Waals surface area contributed by atoms with Crippen LogP contribution in [0.1, 0.15) is 17.5 Å². The van der Waals surface area contributed by atoms with Crippen molar-refractivity contribution in [2.24, 2.45) is 0 Å². The van der Waals surface area contributed by atoms with Crippen molar-refractivity contribution >= 4 is 0 Å². The lowest BCUT2D eigenvalue weighted by atomic mass is 10.0. The minimum absolute atomic E-state index is 0.625. The Bertz CT molecular complexity index is 415. The van der Waals surface area contributed by atoms with Crippen molar-refractivity contribution in [2.45, 2.75) is 25.8 Å². The Morgan fingerprint density at radius 1 is 1.26 bits per heavy atom. The lowest BCUT2D eigenvalue weighted by Crippen LogP contribution is -2.32. The molecule has 4 nitrogen and oxygen atoms in total. The number of aryl methyl sites for hydroxylation is 1. The lowest BCUT2D eigenvalue weighted by Gasteiger charge is -2.14. The number of methoxy groups -OCH3 is 2. The SMILES string of the molecule is COc1cc(C)c(CCNC2CCNC2)cc1OC. The van der Waals surface area contributed by atoms with Crippen LogP contribution in [0.5, 0.6) is 11.5 Å². The van der Waals surface area contributed by atoms with Crippen molar-refractivity contribution < 1.29 is 9.47 Å². The van der Waals surface area contributed by atoms with Crippen LogP contribution >= 0.6 is 0 Å². The van der Waals surface area contributed by atoms with Crippen LogP contribution in [0, 0.1) is 6.92 Å². The molecule has 0 aliphatic carbocycles. The molecule has 106 valence electrons.